The Kier molecular flexibility index (Phi) is 8.93. The zero-order valence-electron chi connectivity index (χ0n) is 16.5. The van der Waals surface area contributed by atoms with Crippen molar-refractivity contribution in [1.82, 2.24) is 20.0 Å². The first kappa shape index (κ1) is 21.7. The van der Waals surface area contributed by atoms with Crippen molar-refractivity contribution in [2.45, 2.75) is 51.5 Å². The van der Waals surface area contributed by atoms with E-state index in [2.05, 4.69) is 31.9 Å². The molecule has 2 aliphatic heterocycles. The predicted octanol–water partition coefficient (Wildman–Crippen LogP) is 2.00. The van der Waals surface area contributed by atoms with E-state index in [1.807, 2.05) is 7.05 Å². The SMILES string of the molecule is CCCC1CC1NC(=NC)N1CCN(CC(=O)N2CCCCC2)CC1.I. The zero-order chi connectivity index (χ0) is 17.6. The average molecular weight is 477 g/mol. The first-order valence-electron chi connectivity index (χ1n) is 10.2. The van der Waals surface area contributed by atoms with Gasteiger partial charge in [-0.05, 0) is 38.0 Å². The lowest BCUT2D eigenvalue weighted by atomic mass is 10.1. The van der Waals surface area contributed by atoms with Crippen LogP contribution in [0.4, 0.5) is 0 Å². The van der Waals surface area contributed by atoms with Crippen LogP contribution in [0.15, 0.2) is 4.99 Å². The van der Waals surface area contributed by atoms with E-state index in [-0.39, 0.29) is 24.0 Å². The molecule has 7 heteroatoms. The fraction of sp³-hybridized carbons (Fsp3) is 0.895. The fourth-order valence-electron chi connectivity index (χ4n) is 4.13. The standard InChI is InChI=1S/C19H35N5O.HI/c1-3-7-16-14-17(16)21-19(20-2)24-12-10-22(11-13-24)15-18(25)23-8-5-4-6-9-23;/h16-17H,3-15H2,1-2H3,(H,20,21);1H. The van der Waals surface area contributed by atoms with Gasteiger partial charge in [0.15, 0.2) is 5.96 Å². The summed E-state index contributed by atoms with van der Waals surface area (Å²) in [5, 5.41) is 3.63. The summed E-state index contributed by atoms with van der Waals surface area (Å²) >= 11 is 0. The van der Waals surface area contributed by atoms with Crippen LogP contribution in [-0.4, -0.2) is 85.5 Å². The van der Waals surface area contributed by atoms with Crippen LogP contribution in [0.2, 0.25) is 0 Å². The Labute approximate surface area is 175 Å². The number of hydrogen-bond acceptors (Lipinski definition) is 3. The monoisotopic (exact) mass is 477 g/mol. The highest BCUT2D eigenvalue weighted by atomic mass is 127. The van der Waals surface area contributed by atoms with Gasteiger partial charge in [0, 0.05) is 52.4 Å². The Morgan fingerprint density at radius 1 is 1.04 bits per heavy atom. The molecular formula is C19H36IN5O. The van der Waals surface area contributed by atoms with E-state index in [9.17, 15) is 4.79 Å². The second-order valence-electron chi connectivity index (χ2n) is 7.79. The highest BCUT2D eigenvalue weighted by Crippen LogP contribution is 2.34. The number of carbonyl (C=O) groups excluding carboxylic acids is 1. The Bertz CT molecular complexity index is 473. The number of nitrogens with zero attached hydrogens (tertiary/aromatic N) is 4. The van der Waals surface area contributed by atoms with Crippen LogP contribution in [-0.2, 0) is 4.79 Å². The second-order valence-corrected chi connectivity index (χ2v) is 7.79. The number of hydrogen-bond donors (Lipinski definition) is 1. The Balaban J connectivity index is 0.00000243. The predicted molar refractivity (Wildman–Crippen MR) is 117 cm³/mol. The maximum atomic E-state index is 12.4. The Morgan fingerprint density at radius 2 is 1.73 bits per heavy atom. The second kappa shape index (κ2) is 10.7. The van der Waals surface area contributed by atoms with E-state index in [0.29, 0.717) is 18.5 Å². The number of halogens is 1. The molecule has 3 rings (SSSR count). The highest BCUT2D eigenvalue weighted by Gasteiger charge is 2.37. The van der Waals surface area contributed by atoms with Gasteiger partial charge in [-0.1, -0.05) is 13.3 Å². The molecule has 1 amide bonds. The minimum Gasteiger partial charge on any atom is -0.353 e. The van der Waals surface area contributed by atoms with Gasteiger partial charge in [0.2, 0.25) is 5.91 Å². The lowest BCUT2D eigenvalue weighted by Crippen LogP contribution is -2.54. The third-order valence-electron chi connectivity index (χ3n) is 5.85. The van der Waals surface area contributed by atoms with Crippen LogP contribution in [0.3, 0.4) is 0 Å². The maximum absolute atomic E-state index is 12.4. The maximum Gasteiger partial charge on any atom is 0.236 e. The number of guanidine groups is 1. The van der Waals surface area contributed by atoms with Crippen LogP contribution in [0.25, 0.3) is 0 Å². The van der Waals surface area contributed by atoms with Crippen molar-refractivity contribution in [3.63, 3.8) is 0 Å². The van der Waals surface area contributed by atoms with Gasteiger partial charge in [-0.2, -0.15) is 0 Å². The summed E-state index contributed by atoms with van der Waals surface area (Å²) in [6.07, 6.45) is 7.49. The largest absolute Gasteiger partial charge is 0.353 e. The molecule has 1 aliphatic carbocycles. The minimum absolute atomic E-state index is 0. The van der Waals surface area contributed by atoms with Crippen molar-refractivity contribution in [2.75, 3.05) is 52.9 Å². The molecule has 0 aromatic rings. The molecule has 3 fully saturated rings. The van der Waals surface area contributed by atoms with Gasteiger partial charge >= 0.3 is 0 Å². The molecule has 0 aromatic heterocycles. The molecule has 2 unspecified atom stereocenters. The molecular weight excluding hydrogens is 441 g/mol. The molecule has 150 valence electrons. The molecule has 6 nitrogen and oxygen atoms in total. The number of amides is 1. The van der Waals surface area contributed by atoms with Crippen LogP contribution >= 0.6 is 24.0 Å². The molecule has 2 saturated heterocycles. The number of aliphatic imine (C=N–C) groups is 1. The summed E-state index contributed by atoms with van der Waals surface area (Å²) in [6, 6.07) is 0.623. The van der Waals surface area contributed by atoms with Gasteiger partial charge < -0.3 is 15.1 Å². The van der Waals surface area contributed by atoms with Crippen molar-refractivity contribution in [3.05, 3.63) is 0 Å². The summed E-state index contributed by atoms with van der Waals surface area (Å²) in [7, 11) is 1.88. The van der Waals surface area contributed by atoms with Gasteiger partial charge in [0.1, 0.15) is 0 Å². The molecule has 1 N–H and O–H groups in total. The molecule has 2 heterocycles. The van der Waals surface area contributed by atoms with Crippen molar-refractivity contribution in [1.29, 1.82) is 0 Å². The van der Waals surface area contributed by atoms with E-state index >= 15 is 0 Å². The Morgan fingerprint density at radius 3 is 2.35 bits per heavy atom. The molecule has 3 aliphatic rings. The number of nitrogens with one attached hydrogen (secondary N) is 1. The number of carbonyl (C=O) groups is 1. The van der Waals surface area contributed by atoms with E-state index in [4.69, 9.17) is 0 Å². The van der Waals surface area contributed by atoms with E-state index < -0.39 is 0 Å². The number of rotatable bonds is 5. The van der Waals surface area contributed by atoms with Gasteiger partial charge in [-0.15, -0.1) is 24.0 Å². The minimum atomic E-state index is 0. The lowest BCUT2D eigenvalue weighted by Gasteiger charge is -2.37. The summed E-state index contributed by atoms with van der Waals surface area (Å²) in [5.74, 6) is 2.20. The smallest absolute Gasteiger partial charge is 0.236 e. The fourth-order valence-corrected chi connectivity index (χ4v) is 4.13. The van der Waals surface area contributed by atoms with Crippen LogP contribution in [0, 0.1) is 5.92 Å². The van der Waals surface area contributed by atoms with Crippen molar-refractivity contribution in [2.24, 2.45) is 10.9 Å². The Hall–Kier alpha value is -0.570. The number of likely N-dealkylation sites (tertiary alicyclic amines) is 1. The molecule has 26 heavy (non-hydrogen) atoms. The summed E-state index contributed by atoms with van der Waals surface area (Å²) < 4.78 is 0. The quantitative estimate of drug-likeness (QED) is 0.374. The summed E-state index contributed by atoms with van der Waals surface area (Å²) in [6.45, 7) is 8.56. The molecule has 0 radical (unpaired) electrons. The van der Waals surface area contributed by atoms with Crippen LogP contribution in [0.5, 0.6) is 0 Å². The van der Waals surface area contributed by atoms with Crippen LogP contribution < -0.4 is 5.32 Å². The summed E-state index contributed by atoms with van der Waals surface area (Å²) in [4.78, 5) is 23.6. The van der Waals surface area contributed by atoms with Gasteiger partial charge in [0.05, 0.1) is 6.54 Å². The first-order valence-corrected chi connectivity index (χ1v) is 10.2. The highest BCUT2D eigenvalue weighted by molar-refractivity contribution is 14.0. The molecule has 1 saturated carbocycles. The first-order chi connectivity index (χ1) is 12.2. The van der Waals surface area contributed by atoms with E-state index in [1.54, 1.807) is 0 Å². The van der Waals surface area contributed by atoms with Crippen molar-refractivity contribution in [3.8, 4) is 0 Å². The van der Waals surface area contributed by atoms with Gasteiger partial charge in [-0.3, -0.25) is 14.7 Å². The zero-order valence-corrected chi connectivity index (χ0v) is 18.8. The lowest BCUT2D eigenvalue weighted by molar-refractivity contribution is -0.133. The molecule has 0 bridgehead atoms. The molecule has 2 atom stereocenters. The van der Waals surface area contributed by atoms with Crippen molar-refractivity contribution < 1.29 is 4.79 Å². The van der Waals surface area contributed by atoms with Crippen LogP contribution in [0.1, 0.15) is 45.4 Å². The van der Waals surface area contributed by atoms with E-state index in [0.717, 1.165) is 51.1 Å². The normalized spacial score (nSPS) is 27.1. The topological polar surface area (TPSA) is 51.2 Å². The molecule has 0 spiro atoms. The molecule has 0 aromatic carbocycles. The van der Waals surface area contributed by atoms with Crippen molar-refractivity contribution >= 4 is 35.8 Å². The third-order valence-corrected chi connectivity index (χ3v) is 5.85. The number of piperidine rings is 1. The number of piperazine rings is 1. The van der Waals surface area contributed by atoms with Gasteiger partial charge in [-0.25, -0.2) is 0 Å². The third kappa shape index (κ3) is 5.97. The summed E-state index contributed by atoms with van der Waals surface area (Å²) in [5.41, 5.74) is 0. The average Bonchev–Trinajstić information content (AvgIpc) is 3.39. The van der Waals surface area contributed by atoms with Gasteiger partial charge in [0.25, 0.3) is 0 Å². The van der Waals surface area contributed by atoms with E-state index in [1.165, 1.54) is 38.5 Å².